The number of nitrogens with zero attached hydrogens (tertiary/aromatic N) is 2. The average molecular weight is 327 g/mol. The van der Waals surface area contributed by atoms with Crippen LogP contribution in [-0.2, 0) is 4.79 Å². The zero-order chi connectivity index (χ0) is 16.4. The maximum Gasteiger partial charge on any atom is 0.246 e. The van der Waals surface area contributed by atoms with Gasteiger partial charge in [0.05, 0.1) is 5.39 Å². The summed E-state index contributed by atoms with van der Waals surface area (Å²) >= 11 is 5.92. The van der Waals surface area contributed by atoms with Gasteiger partial charge in [0.15, 0.2) is 5.76 Å². The molecule has 1 heterocycles. The van der Waals surface area contributed by atoms with E-state index in [2.05, 4.69) is 5.16 Å². The molecule has 0 unspecified atom stereocenters. The van der Waals surface area contributed by atoms with E-state index in [1.807, 2.05) is 42.5 Å². The number of benzene rings is 2. The van der Waals surface area contributed by atoms with Crippen LogP contribution in [0.2, 0.25) is 5.02 Å². The van der Waals surface area contributed by atoms with Crippen LogP contribution in [0.5, 0.6) is 0 Å². The van der Waals surface area contributed by atoms with Crippen molar-refractivity contribution in [3.05, 3.63) is 59.1 Å². The van der Waals surface area contributed by atoms with Gasteiger partial charge in [0.2, 0.25) is 5.91 Å². The van der Waals surface area contributed by atoms with Gasteiger partial charge in [-0.15, -0.1) is 0 Å². The Balaban J connectivity index is 2.00. The fraction of sp³-hybridized carbons (Fsp3) is 0.111. The van der Waals surface area contributed by atoms with Gasteiger partial charge in [0, 0.05) is 30.8 Å². The topological polar surface area (TPSA) is 46.3 Å². The summed E-state index contributed by atoms with van der Waals surface area (Å²) in [6, 6.07) is 13.1. The Morgan fingerprint density at radius 1 is 1.17 bits per heavy atom. The van der Waals surface area contributed by atoms with E-state index in [0.29, 0.717) is 10.8 Å². The third-order valence-corrected chi connectivity index (χ3v) is 3.72. The molecule has 0 N–H and O–H groups in total. The standard InChI is InChI=1S/C18H15ClN2O2/c1-21(2)17(22)10-4-12-3-9-16-15(11-12)18(23-20-16)13-5-7-14(19)8-6-13/h3-11H,1-2H3. The van der Waals surface area contributed by atoms with Crippen LogP contribution in [0, 0.1) is 0 Å². The number of fused-ring (bicyclic) bond motifs is 1. The summed E-state index contributed by atoms with van der Waals surface area (Å²) in [7, 11) is 3.43. The molecule has 1 aromatic heterocycles. The first-order valence-electron chi connectivity index (χ1n) is 7.09. The third kappa shape index (κ3) is 3.27. The maximum absolute atomic E-state index is 11.6. The molecule has 1 amide bonds. The molecule has 3 aromatic rings. The van der Waals surface area contributed by atoms with Crippen molar-refractivity contribution in [2.45, 2.75) is 0 Å². The highest BCUT2D eigenvalue weighted by Crippen LogP contribution is 2.30. The maximum atomic E-state index is 11.6. The molecule has 116 valence electrons. The van der Waals surface area contributed by atoms with E-state index in [0.717, 1.165) is 22.0 Å². The van der Waals surface area contributed by atoms with Crippen LogP contribution in [0.25, 0.3) is 28.3 Å². The number of likely N-dealkylation sites (N-methyl/N-ethyl adjacent to an activating group) is 1. The predicted molar refractivity (Wildman–Crippen MR) is 92.2 cm³/mol. The van der Waals surface area contributed by atoms with Crippen molar-refractivity contribution in [1.29, 1.82) is 0 Å². The van der Waals surface area contributed by atoms with E-state index in [4.69, 9.17) is 16.1 Å². The molecule has 23 heavy (non-hydrogen) atoms. The summed E-state index contributed by atoms with van der Waals surface area (Å²) in [5, 5.41) is 5.64. The van der Waals surface area contributed by atoms with Crippen LogP contribution in [0.15, 0.2) is 53.1 Å². The largest absolute Gasteiger partial charge is 0.355 e. The van der Waals surface area contributed by atoms with Gasteiger partial charge < -0.3 is 9.42 Å². The van der Waals surface area contributed by atoms with Crippen LogP contribution in [0.1, 0.15) is 5.56 Å². The molecule has 0 aliphatic heterocycles. The Morgan fingerprint density at radius 3 is 2.61 bits per heavy atom. The Hall–Kier alpha value is -2.59. The highest BCUT2D eigenvalue weighted by Gasteiger charge is 2.11. The van der Waals surface area contributed by atoms with Gasteiger partial charge in [0.1, 0.15) is 5.52 Å². The lowest BCUT2D eigenvalue weighted by Crippen LogP contribution is -2.18. The Morgan fingerprint density at radius 2 is 1.91 bits per heavy atom. The smallest absolute Gasteiger partial charge is 0.246 e. The minimum absolute atomic E-state index is 0.0617. The second-order valence-electron chi connectivity index (χ2n) is 5.36. The summed E-state index contributed by atoms with van der Waals surface area (Å²) < 4.78 is 5.47. The van der Waals surface area contributed by atoms with Crippen molar-refractivity contribution in [2.75, 3.05) is 14.1 Å². The summed E-state index contributed by atoms with van der Waals surface area (Å²) in [4.78, 5) is 13.2. The number of halogens is 1. The molecule has 0 radical (unpaired) electrons. The molecule has 5 heteroatoms. The second kappa shape index (κ2) is 6.26. The average Bonchev–Trinajstić information content (AvgIpc) is 2.96. The number of rotatable bonds is 3. The van der Waals surface area contributed by atoms with Gasteiger partial charge in [-0.05, 0) is 48.0 Å². The highest BCUT2D eigenvalue weighted by atomic mass is 35.5. The number of amides is 1. The van der Waals surface area contributed by atoms with Gasteiger partial charge in [-0.1, -0.05) is 22.8 Å². The highest BCUT2D eigenvalue weighted by molar-refractivity contribution is 6.30. The van der Waals surface area contributed by atoms with E-state index < -0.39 is 0 Å². The van der Waals surface area contributed by atoms with Gasteiger partial charge >= 0.3 is 0 Å². The molecule has 4 nitrogen and oxygen atoms in total. The van der Waals surface area contributed by atoms with Crippen LogP contribution < -0.4 is 0 Å². The van der Waals surface area contributed by atoms with Gasteiger partial charge in [-0.3, -0.25) is 4.79 Å². The first-order valence-corrected chi connectivity index (χ1v) is 7.47. The quantitative estimate of drug-likeness (QED) is 0.676. The minimum atomic E-state index is -0.0617. The fourth-order valence-corrected chi connectivity index (χ4v) is 2.31. The molecule has 0 aliphatic rings. The lowest BCUT2D eigenvalue weighted by atomic mass is 10.1. The van der Waals surface area contributed by atoms with Crippen molar-refractivity contribution < 1.29 is 9.32 Å². The predicted octanol–water partition coefficient (Wildman–Crippen LogP) is 4.25. The van der Waals surface area contributed by atoms with Crippen molar-refractivity contribution in [2.24, 2.45) is 0 Å². The van der Waals surface area contributed by atoms with E-state index >= 15 is 0 Å². The molecule has 0 fully saturated rings. The Bertz CT molecular complexity index is 880. The Kier molecular flexibility index (Phi) is 4.17. The summed E-state index contributed by atoms with van der Waals surface area (Å²) in [5.41, 5.74) is 2.58. The first-order chi connectivity index (χ1) is 11.0. The van der Waals surface area contributed by atoms with E-state index in [9.17, 15) is 4.79 Å². The Labute approximate surface area is 138 Å². The van der Waals surface area contributed by atoms with Gasteiger partial charge in [-0.25, -0.2) is 0 Å². The molecular weight excluding hydrogens is 312 g/mol. The van der Waals surface area contributed by atoms with E-state index in [-0.39, 0.29) is 5.91 Å². The molecule has 0 spiro atoms. The number of carbonyl (C=O) groups is 1. The van der Waals surface area contributed by atoms with Crippen LogP contribution >= 0.6 is 11.6 Å². The molecule has 0 bridgehead atoms. The molecular formula is C18H15ClN2O2. The molecule has 0 atom stereocenters. The lowest BCUT2D eigenvalue weighted by molar-refractivity contribution is -0.123. The normalized spacial score (nSPS) is 11.3. The summed E-state index contributed by atoms with van der Waals surface area (Å²) in [5.74, 6) is 0.624. The van der Waals surface area contributed by atoms with Crippen molar-refractivity contribution >= 4 is 34.5 Å². The molecule has 2 aromatic carbocycles. The zero-order valence-electron chi connectivity index (χ0n) is 12.8. The van der Waals surface area contributed by atoms with Crippen molar-refractivity contribution in [1.82, 2.24) is 10.1 Å². The van der Waals surface area contributed by atoms with Crippen LogP contribution in [-0.4, -0.2) is 30.1 Å². The second-order valence-corrected chi connectivity index (χ2v) is 5.80. The first kappa shape index (κ1) is 15.3. The number of hydrogen-bond donors (Lipinski definition) is 0. The number of hydrogen-bond acceptors (Lipinski definition) is 3. The lowest BCUT2D eigenvalue weighted by Gasteiger charge is -2.05. The van der Waals surface area contributed by atoms with Crippen LogP contribution in [0.3, 0.4) is 0 Å². The fourth-order valence-electron chi connectivity index (χ4n) is 2.19. The number of aromatic nitrogens is 1. The molecule has 0 aliphatic carbocycles. The summed E-state index contributed by atoms with van der Waals surface area (Å²) in [6.45, 7) is 0. The molecule has 0 saturated carbocycles. The molecule has 0 saturated heterocycles. The SMILES string of the molecule is CN(C)C(=O)C=Cc1ccc2noc(-c3ccc(Cl)cc3)c2c1. The molecule has 3 rings (SSSR count). The third-order valence-electron chi connectivity index (χ3n) is 3.47. The van der Waals surface area contributed by atoms with Gasteiger partial charge in [0.25, 0.3) is 0 Å². The van der Waals surface area contributed by atoms with Crippen molar-refractivity contribution in [3.63, 3.8) is 0 Å². The zero-order valence-corrected chi connectivity index (χ0v) is 13.5. The van der Waals surface area contributed by atoms with E-state index in [1.54, 1.807) is 20.2 Å². The van der Waals surface area contributed by atoms with Crippen LogP contribution in [0.4, 0.5) is 0 Å². The summed E-state index contributed by atoms with van der Waals surface area (Å²) in [6.07, 6.45) is 3.32. The van der Waals surface area contributed by atoms with E-state index in [1.165, 1.54) is 11.0 Å². The van der Waals surface area contributed by atoms with Crippen molar-refractivity contribution in [3.8, 4) is 11.3 Å². The number of carbonyl (C=O) groups excluding carboxylic acids is 1. The minimum Gasteiger partial charge on any atom is -0.355 e. The van der Waals surface area contributed by atoms with Gasteiger partial charge in [-0.2, -0.15) is 0 Å². The monoisotopic (exact) mass is 326 g/mol.